The monoisotopic (exact) mass is 352 g/mol. The zero-order valence-corrected chi connectivity index (χ0v) is 14.2. The molecular formula is C16H21BrN2O2. The van der Waals surface area contributed by atoms with Crippen LogP contribution in [0.2, 0.25) is 0 Å². The number of hydrogen-bond donors (Lipinski definition) is 1. The van der Waals surface area contributed by atoms with Crippen molar-refractivity contribution in [1.82, 2.24) is 4.90 Å². The summed E-state index contributed by atoms with van der Waals surface area (Å²) in [7, 11) is 0. The molecule has 21 heavy (non-hydrogen) atoms. The Kier molecular flexibility index (Phi) is 5.04. The number of anilines is 1. The van der Waals surface area contributed by atoms with E-state index >= 15 is 0 Å². The van der Waals surface area contributed by atoms with E-state index in [1.807, 2.05) is 32.9 Å². The SMILES string of the molecule is Cc1cc(NC(=O)C(=O)N2C(C)CCCC2C)ccc1Br. The van der Waals surface area contributed by atoms with Gasteiger partial charge in [0, 0.05) is 22.2 Å². The lowest BCUT2D eigenvalue weighted by atomic mass is 9.97. The van der Waals surface area contributed by atoms with Gasteiger partial charge in [0.2, 0.25) is 0 Å². The third-order valence-electron chi connectivity index (χ3n) is 4.04. The number of piperidine rings is 1. The molecular weight excluding hydrogens is 332 g/mol. The molecule has 1 aromatic carbocycles. The van der Waals surface area contributed by atoms with Gasteiger partial charge in [-0.1, -0.05) is 15.9 Å². The van der Waals surface area contributed by atoms with Crippen LogP contribution in [0.4, 0.5) is 5.69 Å². The number of amides is 2. The summed E-state index contributed by atoms with van der Waals surface area (Å²) in [5.74, 6) is -0.993. The second-order valence-corrected chi connectivity index (χ2v) is 6.61. The average molecular weight is 353 g/mol. The molecule has 2 unspecified atom stereocenters. The van der Waals surface area contributed by atoms with Crippen molar-refractivity contribution < 1.29 is 9.59 Å². The van der Waals surface area contributed by atoms with Crippen LogP contribution in [0.25, 0.3) is 0 Å². The molecule has 2 atom stereocenters. The van der Waals surface area contributed by atoms with Crippen molar-refractivity contribution in [1.29, 1.82) is 0 Å². The molecule has 0 bridgehead atoms. The van der Waals surface area contributed by atoms with Gasteiger partial charge in [-0.15, -0.1) is 0 Å². The number of benzene rings is 1. The summed E-state index contributed by atoms with van der Waals surface area (Å²) in [6, 6.07) is 5.74. The molecule has 0 spiro atoms. The zero-order chi connectivity index (χ0) is 15.6. The van der Waals surface area contributed by atoms with Crippen molar-refractivity contribution >= 4 is 33.4 Å². The van der Waals surface area contributed by atoms with Crippen molar-refractivity contribution in [2.75, 3.05) is 5.32 Å². The van der Waals surface area contributed by atoms with E-state index in [2.05, 4.69) is 21.2 Å². The van der Waals surface area contributed by atoms with Crippen LogP contribution in [0.15, 0.2) is 22.7 Å². The molecule has 1 heterocycles. The van der Waals surface area contributed by atoms with Gasteiger partial charge < -0.3 is 10.2 Å². The smallest absolute Gasteiger partial charge is 0.313 e. The first kappa shape index (κ1) is 16.0. The fraction of sp³-hybridized carbons (Fsp3) is 0.500. The van der Waals surface area contributed by atoms with Gasteiger partial charge in [-0.2, -0.15) is 0 Å². The van der Waals surface area contributed by atoms with E-state index in [4.69, 9.17) is 0 Å². The molecule has 0 aromatic heterocycles. The van der Waals surface area contributed by atoms with E-state index in [1.54, 1.807) is 11.0 Å². The maximum atomic E-state index is 12.4. The highest BCUT2D eigenvalue weighted by Crippen LogP contribution is 2.23. The normalized spacial score (nSPS) is 22.0. The van der Waals surface area contributed by atoms with Crippen molar-refractivity contribution in [2.24, 2.45) is 0 Å². The number of halogens is 1. The lowest BCUT2D eigenvalue weighted by Crippen LogP contribution is -2.51. The van der Waals surface area contributed by atoms with Crippen LogP contribution in [0, 0.1) is 6.92 Å². The topological polar surface area (TPSA) is 49.4 Å². The van der Waals surface area contributed by atoms with E-state index in [9.17, 15) is 9.59 Å². The molecule has 1 fully saturated rings. The quantitative estimate of drug-likeness (QED) is 0.786. The Hall–Kier alpha value is -1.36. The van der Waals surface area contributed by atoms with Crippen molar-refractivity contribution in [3.05, 3.63) is 28.2 Å². The van der Waals surface area contributed by atoms with Crippen LogP contribution in [0.3, 0.4) is 0 Å². The van der Waals surface area contributed by atoms with Gasteiger partial charge in [-0.25, -0.2) is 0 Å². The van der Waals surface area contributed by atoms with E-state index in [-0.39, 0.29) is 12.1 Å². The first-order chi connectivity index (χ1) is 9.90. The van der Waals surface area contributed by atoms with Gasteiger partial charge >= 0.3 is 11.8 Å². The van der Waals surface area contributed by atoms with Crippen LogP contribution in [0.1, 0.15) is 38.7 Å². The summed E-state index contributed by atoms with van der Waals surface area (Å²) in [4.78, 5) is 26.3. The molecule has 2 rings (SSSR count). The van der Waals surface area contributed by atoms with Gasteiger partial charge in [0.25, 0.3) is 0 Å². The average Bonchev–Trinajstić information content (AvgIpc) is 2.42. The van der Waals surface area contributed by atoms with Crippen LogP contribution >= 0.6 is 15.9 Å². The first-order valence-electron chi connectivity index (χ1n) is 7.30. The highest BCUT2D eigenvalue weighted by Gasteiger charge is 2.32. The Morgan fingerprint density at radius 1 is 1.24 bits per heavy atom. The number of rotatable bonds is 1. The third-order valence-corrected chi connectivity index (χ3v) is 4.93. The molecule has 1 aromatic rings. The number of likely N-dealkylation sites (tertiary alicyclic amines) is 1. The Morgan fingerprint density at radius 3 is 2.43 bits per heavy atom. The maximum absolute atomic E-state index is 12.4. The number of hydrogen-bond acceptors (Lipinski definition) is 2. The number of nitrogens with one attached hydrogen (secondary N) is 1. The van der Waals surface area contributed by atoms with Crippen molar-refractivity contribution in [3.8, 4) is 0 Å². The molecule has 2 amide bonds. The molecule has 5 heteroatoms. The molecule has 0 aliphatic carbocycles. The maximum Gasteiger partial charge on any atom is 0.313 e. The van der Waals surface area contributed by atoms with Crippen LogP contribution < -0.4 is 5.32 Å². The predicted octanol–water partition coefficient (Wildman–Crippen LogP) is 3.49. The van der Waals surface area contributed by atoms with Crippen molar-refractivity contribution in [2.45, 2.75) is 52.1 Å². The molecule has 114 valence electrons. The predicted molar refractivity (Wildman–Crippen MR) is 87.1 cm³/mol. The minimum absolute atomic E-state index is 0.124. The van der Waals surface area contributed by atoms with Gasteiger partial charge in [0.15, 0.2) is 0 Å². The minimum atomic E-state index is -0.558. The second kappa shape index (κ2) is 6.60. The highest BCUT2D eigenvalue weighted by atomic mass is 79.9. The summed E-state index contributed by atoms with van der Waals surface area (Å²) in [5.41, 5.74) is 1.66. The Morgan fingerprint density at radius 2 is 1.86 bits per heavy atom. The Balaban J connectivity index is 2.08. The van der Waals surface area contributed by atoms with E-state index in [0.717, 1.165) is 29.3 Å². The summed E-state index contributed by atoms with van der Waals surface area (Å²) < 4.78 is 0.977. The summed E-state index contributed by atoms with van der Waals surface area (Å²) >= 11 is 3.41. The summed E-state index contributed by atoms with van der Waals surface area (Å²) in [5, 5.41) is 2.70. The number of carbonyl (C=O) groups excluding carboxylic acids is 2. The lowest BCUT2D eigenvalue weighted by molar-refractivity contribution is -0.147. The van der Waals surface area contributed by atoms with Gasteiger partial charge in [0.05, 0.1) is 0 Å². The summed E-state index contributed by atoms with van der Waals surface area (Å²) in [6.07, 6.45) is 3.03. The van der Waals surface area contributed by atoms with Gasteiger partial charge in [0.1, 0.15) is 0 Å². The molecule has 1 aliphatic rings. The number of nitrogens with zero attached hydrogens (tertiary/aromatic N) is 1. The summed E-state index contributed by atoms with van der Waals surface area (Å²) in [6.45, 7) is 5.95. The van der Waals surface area contributed by atoms with E-state index < -0.39 is 11.8 Å². The molecule has 0 radical (unpaired) electrons. The molecule has 1 N–H and O–H groups in total. The van der Waals surface area contributed by atoms with E-state index in [0.29, 0.717) is 5.69 Å². The standard InChI is InChI=1S/C16H21BrN2O2/c1-10-9-13(7-8-14(10)17)18-15(20)16(21)19-11(2)5-4-6-12(19)3/h7-9,11-12H,4-6H2,1-3H3,(H,18,20). The number of carbonyl (C=O) groups is 2. The molecule has 0 saturated carbocycles. The Labute approximate surface area is 134 Å². The molecule has 1 saturated heterocycles. The molecule has 4 nitrogen and oxygen atoms in total. The van der Waals surface area contributed by atoms with E-state index in [1.165, 1.54) is 0 Å². The highest BCUT2D eigenvalue weighted by molar-refractivity contribution is 9.10. The Bertz CT molecular complexity index is 549. The van der Waals surface area contributed by atoms with Gasteiger partial charge in [-0.3, -0.25) is 9.59 Å². The van der Waals surface area contributed by atoms with Crippen LogP contribution in [-0.2, 0) is 9.59 Å². The van der Waals surface area contributed by atoms with Gasteiger partial charge in [-0.05, 0) is 63.8 Å². The molecule has 1 aliphatic heterocycles. The largest absolute Gasteiger partial charge is 0.329 e. The first-order valence-corrected chi connectivity index (χ1v) is 8.09. The lowest BCUT2D eigenvalue weighted by Gasteiger charge is -2.38. The zero-order valence-electron chi connectivity index (χ0n) is 12.6. The van der Waals surface area contributed by atoms with Crippen LogP contribution in [-0.4, -0.2) is 28.8 Å². The third kappa shape index (κ3) is 3.64. The second-order valence-electron chi connectivity index (χ2n) is 5.76. The van der Waals surface area contributed by atoms with Crippen LogP contribution in [0.5, 0.6) is 0 Å². The van der Waals surface area contributed by atoms with Crippen molar-refractivity contribution in [3.63, 3.8) is 0 Å². The number of aryl methyl sites for hydroxylation is 1. The fourth-order valence-electron chi connectivity index (χ4n) is 2.85. The minimum Gasteiger partial charge on any atom is -0.329 e. The fourth-order valence-corrected chi connectivity index (χ4v) is 3.09.